The summed E-state index contributed by atoms with van der Waals surface area (Å²) < 4.78 is 0. The normalized spacial score (nSPS) is 22.7. The third kappa shape index (κ3) is 5.49. The first kappa shape index (κ1) is 34.6. The predicted molar refractivity (Wildman–Crippen MR) is 239 cm³/mol. The monoisotopic (exact) mass is 737 g/mol. The second-order valence-electron chi connectivity index (χ2n) is 18.6. The minimum Gasteiger partial charge on any atom is -0.310 e. The van der Waals surface area contributed by atoms with E-state index in [1.54, 1.807) is 11.1 Å². The Morgan fingerprint density at radius 2 is 0.930 bits per heavy atom. The maximum absolute atomic E-state index is 2.65. The molecule has 280 valence electrons. The fourth-order valence-electron chi connectivity index (χ4n) is 12.2. The lowest BCUT2D eigenvalue weighted by Gasteiger charge is -2.61. The van der Waals surface area contributed by atoms with Gasteiger partial charge >= 0.3 is 0 Å². The summed E-state index contributed by atoms with van der Waals surface area (Å²) in [5.74, 6) is 3.27. The lowest BCUT2D eigenvalue weighted by atomic mass is 9.43. The molecule has 0 amide bonds. The topological polar surface area (TPSA) is 3.24 Å². The zero-order chi connectivity index (χ0) is 38.3. The molecule has 7 aromatic carbocycles. The zero-order valence-electron chi connectivity index (χ0n) is 33.5. The molecule has 5 aliphatic rings. The SMILES string of the molecule is CC(C)(C)c1cc(-c2ccccc2-c2ccccc2)ccc1N(c1ccc(-c2ccccc2)cc1)c1ccc2c(c1)C1(c3ccccc3-2)C2CC3CC(C2)CC1C3. The van der Waals surface area contributed by atoms with E-state index in [-0.39, 0.29) is 10.8 Å². The minimum atomic E-state index is -0.120. The van der Waals surface area contributed by atoms with Crippen LogP contribution in [0.4, 0.5) is 17.1 Å². The Kier molecular flexibility index (Phi) is 8.01. The first-order valence-electron chi connectivity index (χ1n) is 21.4. The van der Waals surface area contributed by atoms with Gasteiger partial charge in [0, 0.05) is 22.5 Å². The average molecular weight is 738 g/mol. The highest BCUT2D eigenvalue weighted by atomic mass is 15.1. The summed E-state index contributed by atoms with van der Waals surface area (Å²) in [6, 6.07) is 64.1. The third-order valence-electron chi connectivity index (χ3n) is 14.4. The quantitative estimate of drug-likeness (QED) is 0.164. The number of benzene rings is 7. The molecule has 57 heavy (non-hydrogen) atoms. The lowest BCUT2D eigenvalue weighted by molar-refractivity contribution is -0.0399. The van der Waals surface area contributed by atoms with E-state index in [9.17, 15) is 0 Å². The van der Waals surface area contributed by atoms with Crippen molar-refractivity contribution < 1.29 is 0 Å². The fraction of sp³-hybridized carbons (Fsp3) is 0.250. The molecule has 0 atom stereocenters. The molecule has 0 unspecified atom stereocenters. The molecule has 1 spiro atoms. The Morgan fingerprint density at radius 3 is 1.58 bits per heavy atom. The highest BCUT2D eigenvalue weighted by Crippen LogP contribution is 2.69. The van der Waals surface area contributed by atoms with Crippen LogP contribution in [0.5, 0.6) is 0 Å². The Morgan fingerprint density at radius 1 is 0.421 bits per heavy atom. The third-order valence-corrected chi connectivity index (χ3v) is 14.4. The summed E-state index contributed by atoms with van der Waals surface area (Å²) in [4.78, 5) is 2.58. The summed E-state index contributed by atoms with van der Waals surface area (Å²) in [6.45, 7) is 7.12. The Hall–Kier alpha value is -5.66. The fourth-order valence-corrected chi connectivity index (χ4v) is 12.2. The number of anilines is 3. The van der Waals surface area contributed by atoms with E-state index in [1.807, 2.05) is 0 Å². The maximum Gasteiger partial charge on any atom is 0.0499 e. The summed E-state index contributed by atoms with van der Waals surface area (Å²) in [6.07, 6.45) is 7.00. The van der Waals surface area contributed by atoms with Gasteiger partial charge in [0.25, 0.3) is 0 Å². The molecule has 0 heterocycles. The van der Waals surface area contributed by atoms with Gasteiger partial charge in [0.1, 0.15) is 0 Å². The van der Waals surface area contributed by atoms with Gasteiger partial charge in [0.2, 0.25) is 0 Å². The summed E-state index contributed by atoms with van der Waals surface area (Å²) in [7, 11) is 0. The van der Waals surface area contributed by atoms with Gasteiger partial charge in [0.05, 0.1) is 0 Å². The summed E-state index contributed by atoms with van der Waals surface area (Å²) in [5.41, 5.74) is 18.6. The van der Waals surface area contributed by atoms with Crippen molar-refractivity contribution in [2.45, 2.75) is 63.7 Å². The van der Waals surface area contributed by atoms with Crippen LogP contribution in [0, 0.1) is 23.7 Å². The van der Waals surface area contributed by atoms with Gasteiger partial charge in [-0.05, 0) is 159 Å². The van der Waals surface area contributed by atoms with Gasteiger partial charge in [-0.15, -0.1) is 0 Å². The number of rotatable bonds is 6. The second-order valence-corrected chi connectivity index (χ2v) is 18.6. The molecule has 7 aromatic rings. The van der Waals surface area contributed by atoms with E-state index in [0.29, 0.717) is 0 Å². The van der Waals surface area contributed by atoms with Gasteiger partial charge in [-0.1, -0.05) is 154 Å². The predicted octanol–water partition coefficient (Wildman–Crippen LogP) is 15.2. The molecule has 1 nitrogen and oxygen atoms in total. The van der Waals surface area contributed by atoms with E-state index < -0.39 is 0 Å². The minimum absolute atomic E-state index is 0.107. The summed E-state index contributed by atoms with van der Waals surface area (Å²) in [5, 5.41) is 0. The first-order valence-corrected chi connectivity index (χ1v) is 21.4. The van der Waals surface area contributed by atoms with E-state index in [2.05, 4.69) is 196 Å². The van der Waals surface area contributed by atoms with Gasteiger partial charge in [-0.3, -0.25) is 0 Å². The largest absolute Gasteiger partial charge is 0.310 e. The van der Waals surface area contributed by atoms with Crippen LogP contribution in [0.3, 0.4) is 0 Å². The molecule has 1 heteroatoms. The van der Waals surface area contributed by atoms with Crippen molar-refractivity contribution in [3.05, 3.63) is 187 Å². The Bertz CT molecular complexity index is 2580. The van der Waals surface area contributed by atoms with Crippen LogP contribution >= 0.6 is 0 Å². The lowest BCUT2D eigenvalue weighted by Crippen LogP contribution is -2.55. The van der Waals surface area contributed by atoms with Crippen LogP contribution in [0.25, 0.3) is 44.5 Å². The molecule has 0 N–H and O–H groups in total. The van der Waals surface area contributed by atoms with Gasteiger partial charge < -0.3 is 4.90 Å². The van der Waals surface area contributed by atoms with Crippen molar-refractivity contribution in [2.24, 2.45) is 23.7 Å². The molecule has 12 rings (SSSR count). The van der Waals surface area contributed by atoms with Crippen molar-refractivity contribution in [2.75, 3.05) is 4.90 Å². The van der Waals surface area contributed by atoms with Crippen molar-refractivity contribution >= 4 is 17.1 Å². The number of hydrogen-bond donors (Lipinski definition) is 0. The second kappa shape index (κ2) is 13.2. The Balaban J connectivity index is 1.11. The smallest absolute Gasteiger partial charge is 0.0499 e. The zero-order valence-corrected chi connectivity index (χ0v) is 33.5. The van der Waals surface area contributed by atoms with E-state index in [1.165, 1.54) is 99.2 Å². The molecule has 0 radical (unpaired) electrons. The van der Waals surface area contributed by atoms with Crippen molar-refractivity contribution in [3.8, 4) is 44.5 Å². The number of hydrogen-bond acceptors (Lipinski definition) is 1. The highest BCUT2D eigenvalue weighted by molar-refractivity contribution is 5.90. The molecular formula is C56H51N. The molecule has 4 saturated carbocycles. The molecular weight excluding hydrogens is 687 g/mol. The Labute approximate surface area is 339 Å². The average Bonchev–Trinajstić information content (AvgIpc) is 3.53. The van der Waals surface area contributed by atoms with Crippen LogP contribution in [-0.2, 0) is 10.8 Å². The van der Waals surface area contributed by atoms with Crippen molar-refractivity contribution in [3.63, 3.8) is 0 Å². The number of nitrogens with zero attached hydrogens (tertiary/aromatic N) is 1. The van der Waals surface area contributed by atoms with E-state index >= 15 is 0 Å². The molecule has 0 saturated heterocycles. The molecule has 0 aliphatic heterocycles. The van der Waals surface area contributed by atoms with Crippen LogP contribution < -0.4 is 4.90 Å². The van der Waals surface area contributed by atoms with Gasteiger partial charge in [-0.25, -0.2) is 0 Å². The summed E-state index contributed by atoms with van der Waals surface area (Å²) >= 11 is 0. The van der Waals surface area contributed by atoms with Crippen LogP contribution in [0.15, 0.2) is 170 Å². The standard InChI is InChI=1S/C56H51N/c1-55(2,3)53-35-42(48-19-11-10-18-47(48)41-16-8-5-9-17-41)24-29-54(53)57(45-25-22-40(23-26-45)39-14-6-4-7-15-39)46-27-28-50-49-20-12-13-21-51(49)56(52(50)36-46)43-31-37-30-38(33-43)34-44(56)32-37/h4-29,35-38,43-44H,30-34H2,1-3H3. The maximum atomic E-state index is 2.65. The first-order chi connectivity index (χ1) is 27.9. The van der Waals surface area contributed by atoms with Gasteiger partial charge in [0.15, 0.2) is 0 Å². The molecule has 4 fully saturated rings. The van der Waals surface area contributed by atoms with Crippen LogP contribution in [-0.4, -0.2) is 0 Å². The van der Waals surface area contributed by atoms with Crippen molar-refractivity contribution in [1.82, 2.24) is 0 Å². The van der Waals surface area contributed by atoms with Crippen molar-refractivity contribution in [1.29, 1.82) is 0 Å². The molecule has 4 bridgehead atoms. The molecule has 0 aromatic heterocycles. The van der Waals surface area contributed by atoms with E-state index in [4.69, 9.17) is 0 Å². The van der Waals surface area contributed by atoms with E-state index in [0.717, 1.165) is 23.7 Å². The van der Waals surface area contributed by atoms with Crippen LogP contribution in [0.1, 0.15) is 69.6 Å². The highest BCUT2D eigenvalue weighted by Gasteiger charge is 2.61. The number of fused-ring (bicyclic) bond motifs is 3. The molecule has 5 aliphatic carbocycles. The van der Waals surface area contributed by atoms with Gasteiger partial charge in [-0.2, -0.15) is 0 Å². The van der Waals surface area contributed by atoms with Crippen LogP contribution in [0.2, 0.25) is 0 Å².